The first-order valence-electron chi connectivity index (χ1n) is 9.09. The van der Waals surface area contributed by atoms with Crippen molar-refractivity contribution in [1.29, 1.82) is 0 Å². The fourth-order valence-corrected chi connectivity index (χ4v) is 3.77. The first-order valence-corrected chi connectivity index (χ1v) is 10.5. The number of hydrogen-bond donors (Lipinski definition) is 1. The number of rotatable bonds is 7. The molecular weight excluding hydrogens is 443 g/mol. The molecule has 1 amide bonds. The largest absolute Gasteiger partial charge is 0.495 e. The Balaban J connectivity index is 1.48. The molecule has 4 aromatic rings. The molecule has 0 radical (unpaired) electrons. The number of anilines is 1. The number of benzene rings is 2. The normalized spacial score (nSPS) is 10.9. The van der Waals surface area contributed by atoms with Crippen molar-refractivity contribution in [2.45, 2.75) is 11.6 Å². The highest BCUT2D eigenvalue weighted by Crippen LogP contribution is 2.28. The van der Waals surface area contributed by atoms with Crippen molar-refractivity contribution in [3.05, 3.63) is 65.2 Å². The van der Waals surface area contributed by atoms with Crippen molar-refractivity contribution in [2.75, 3.05) is 18.2 Å². The van der Waals surface area contributed by atoms with E-state index in [0.29, 0.717) is 38.2 Å². The molecule has 0 unspecified atom stereocenters. The van der Waals surface area contributed by atoms with Gasteiger partial charge in [-0.1, -0.05) is 46.8 Å². The molecule has 0 aliphatic rings. The Bertz CT molecular complexity index is 1250. The van der Waals surface area contributed by atoms with E-state index in [-0.39, 0.29) is 24.0 Å². The van der Waals surface area contributed by atoms with E-state index < -0.39 is 0 Å². The molecule has 0 fully saturated rings. The zero-order valence-electron chi connectivity index (χ0n) is 16.2. The Hall–Kier alpha value is -3.24. The Morgan fingerprint density at radius 3 is 2.90 bits per heavy atom. The van der Waals surface area contributed by atoms with Gasteiger partial charge in [0.1, 0.15) is 22.9 Å². The van der Waals surface area contributed by atoms with Crippen LogP contribution in [0.2, 0.25) is 5.02 Å². The lowest BCUT2D eigenvalue weighted by Crippen LogP contribution is -2.15. The van der Waals surface area contributed by atoms with Crippen molar-refractivity contribution < 1.29 is 13.9 Å². The zero-order chi connectivity index (χ0) is 21.8. The number of halogens is 2. The topological polar surface area (TPSA) is 94.8 Å². The number of amides is 1. The Morgan fingerprint density at radius 1 is 1.26 bits per heavy atom. The lowest BCUT2D eigenvalue weighted by molar-refractivity contribution is -0.113. The van der Waals surface area contributed by atoms with Gasteiger partial charge >= 0.3 is 0 Å². The van der Waals surface area contributed by atoms with Crippen LogP contribution < -0.4 is 10.1 Å². The van der Waals surface area contributed by atoms with Crippen LogP contribution in [0.3, 0.4) is 0 Å². The van der Waals surface area contributed by atoms with Crippen LogP contribution >= 0.6 is 23.4 Å². The predicted octanol–water partition coefficient (Wildman–Crippen LogP) is 3.80. The van der Waals surface area contributed by atoms with Gasteiger partial charge in [-0.05, 0) is 24.3 Å². The summed E-state index contributed by atoms with van der Waals surface area (Å²) in [6.45, 7) is 0.180. The number of thioether (sulfide) groups is 1. The second-order valence-corrected chi connectivity index (χ2v) is 7.77. The van der Waals surface area contributed by atoms with Gasteiger partial charge in [0, 0.05) is 10.6 Å². The quantitative estimate of drug-likeness (QED) is 0.332. The van der Waals surface area contributed by atoms with E-state index in [0.717, 1.165) is 0 Å². The number of ether oxygens (including phenoxy) is 1. The van der Waals surface area contributed by atoms with Crippen LogP contribution in [0.1, 0.15) is 5.56 Å². The number of carbonyl (C=O) groups excluding carboxylic acids is 1. The minimum absolute atomic E-state index is 0.0714. The van der Waals surface area contributed by atoms with Gasteiger partial charge in [-0.3, -0.25) is 4.79 Å². The molecule has 0 bridgehead atoms. The molecular formula is C20H16ClFN6O2S. The smallest absolute Gasteiger partial charge is 0.234 e. The highest BCUT2D eigenvalue weighted by Gasteiger charge is 2.15. The van der Waals surface area contributed by atoms with Crippen LogP contribution in [0.25, 0.3) is 11.2 Å². The van der Waals surface area contributed by atoms with Crippen LogP contribution in [0.5, 0.6) is 5.75 Å². The standard InChI is InChI=1S/C20H16ClFN6O2S/c1-30-16-7-6-13(21)8-15(16)25-17(29)10-31-20-18-19(23-11-24-20)28(27-26-18)9-12-4-2-3-5-14(12)22/h2-8,11H,9-10H2,1H3,(H,25,29). The summed E-state index contributed by atoms with van der Waals surface area (Å²) in [6, 6.07) is 11.4. The number of aromatic nitrogens is 5. The molecule has 4 rings (SSSR count). The van der Waals surface area contributed by atoms with E-state index in [2.05, 4.69) is 25.6 Å². The summed E-state index contributed by atoms with van der Waals surface area (Å²) in [6.07, 6.45) is 1.36. The molecule has 0 aliphatic carbocycles. The number of nitrogens with zero attached hydrogens (tertiary/aromatic N) is 5. The molecule has 0 aliphatic heterocycles. The second kappa shape index (κ2) is 9.27. The van der Waals surface area contributed by atoms with Gasteiger partial charge in [-0.2, -0.15) is 0 Å². The van der Waals surface area contributed by atoms with Gasteiger partial charge in [0.05, 0.1) is 25.1 Å². The molecule has 2 aromatic carbocycles. The molecule has 0 saturated carbocycles. The van der Waals surface area contributed by atoms with E-state index in [9.17, 15) is 9.18 Å². The number of carbonyl (C=O) groups is 1. The molecule has 1 N–H and O–H groups in total. The maximum absolute atomic E-state index is 14.0. The highest BCUT2D eigenvalue weighted by atomic mass is 35.5. The SMILES string of the molecule is COc1ccc(Cl)cc1NC(=O)CSc1ncnc2c1nnn2Cc1ccccc1F. The Morgan fingerprint density at radius 2 is 2.10 bits per heavy atom. The lowest BCUT2D eigenvalue weighted by Gasteiger charge is -2.10. The summed E-state index contributed by atoms with van der Waals surface area (Å²) in [4.78, 5) is 20.9. The van der Waals surface area contributed by atoms with Crippen molar-refractivity contribution in [2.24, 2.45) is 0 Å². The molecule has 0 spiro atoms. The van der Waals surface area contributed by atoms with E-state index >= 15 is 0 Å². The van der Waals surface area contributed by atoms with Crippen LogP contribution in [0.4, 0.5) is 10.1 Å². The maximum Gasteiger partial charge on any atom is 0.234 e. The predicted molar refractivity (Wildman–Crippen MR) is 116 cm³/mol. The van der Waals surface area contributed by atoms with Crippen LogP contribution in [0, 0.1) is 5.82 Å². The average molecular weight is 459 g/mol. The fraction of sp³-hybridized carbons (Fsp3) is 0.150. The van der Waals surface area contributed by atoms with Crippen LogP contribution in [-0.2, 0) is 11.3 Å². The summed E-state index contributed by atoms with van der Waals surface area (Å²) in [7, 11) is 1.51. The third kappa shape index (κ3) is 4.75. The van der Waals surface area contributed by atoms with Crippen LogP contribution in [0.15, 0.2) is 53.8 Å². The van der Waals surface area contributed by atoms with Crippen molar-refractivity contribution >= 4 is 46.1 Å². The van der Waals surface area contributed by atoms with Gasteiger partial charge < -0.3 is 10.1 Å². The molecule has 158 valence electrons. The highest BCUT2D eigenvalue weighted by molar-refractivity contribution is 8.00. The molecule has 31 heavy (non-hydrogen) atoms. The van der Waals surface area contributed by atoms with Crippen LogP contribution in [-0.4, -0.2) is 43.7 Å². The molecule has 2 aromatic heterocycles. The lowest BCUT2D eigenvalue weighted by atomic mass is 10.2. The summed E-state index contributed by atoms with van der Waals surface area (Å²) in [5, 5.41) is 11.9. The zero-order valence-corrected chi connectivity index (χ0v) is 17.8. The van der Waals surface area contributed by atoms with Crippen molar-refractivity contribution in [1.82, 2.24) is 25.0 Å². The number of methoxy groups -OCH3 is 1. The fourth-order valence-electron chi connectivity index (χ4n) is 2.87. The summed E-state index contributed by atoms with van der Waals surface area (Å²) in [5.74, 6) is -0.0237. The number of fused-ring (bicyclic) bond motifs is 1. The third-order valence-electron chi connectivity index (χ3n) is 4.32. The molecule has 2 heterocycles. The molecule has 0 atom stereocenters. The molecule has 11 heteroatoms. The van der Waals surface area contributed by atoms with Gasteiger partial charge in [0.15, 0.2) is 11.2 Å². The second-order valence-electron chi connectivity index (χ2n) is 6.37. The van der Waals surface area contributed by atoms with E-state index in [1.807, 2.05) is 0 Å². The van der Waals surface area contributed by atoms with Crippen molar-refractivity contribution in [3.8, 4) is 5.75 Å². The first-order chi connectivity index (χ1) is 15.0. The van der Waals surface area contributed by atoms with Gasteiger partial charge in [0.25, 0.3) is 0 Å². The summed E-state index contributed by atoms with van der Waals surface area (Å²) >= 11 is 7.19. The maximum atomic E-state index is 14.0. The third-order valence-corrected chi connectivity index (χ3v) is 5.53. The molecule has 8 nitrogen and oxygen atoms in total. The summed E-state index contributed by atoms with van der Waals surface area (Å²) < 4.78 is 20.7. The van der Waals surface area contributed by atoms with Gasteiger partial charge in [-0.15, -0.1) is 5.10 Å². The van der Waals surface area contributed by atoms with E-state index in [4.69, 9.17) is 16.3 Å². The minimum Gasteiger partial charge on any atom is -0.495 e. The first kappa shape index (κ1) is 21.0. The summed E-state index contributed by atoms with van der Waals surface area (Å²) in [5.41, 5.74) is 1.84. The Labute approximate surface area is 185 Å². The van der Waals surface area contributed by atoms with E-state index in [1.54, 1.807) is 36.4 Å². The number of nitrogens with one attached hydrogen (secondary N) is 1. The van der Waals surface area contributed by atoms with Gasteiger partial charge in [-0.25, -0.2) is 19.0 Å². The number of hydrogen-bond acceptors (Lipinski definition) is 7. The van der Waals surface area contributed by atoms with E-state index in [1.165, 1.54) is 35.9 Å². The van der Waals surface area contributed by atoms with Gasteiger partial charge in [0.2, 0.25) is 5.91 Å². The minimum atomic E-state index is -0.331. The van der Waals surface area contributed by atoms with Crippen molar-refractivity contribution in [3.63, 3.8) is 0 Å². The average Bonchev–Trinajstić information content (AvgIpc) is 3.17. The Kier molecular flexibility index (Phi) is 6.28. The molecule has 0 saturated heterocycles. The monoisotopic (exact) mass is 458 g/mol.